The molecule has 1 saturated carbocycles. The van der Waals surface area contributed by atoms with E-state index < -0.39 is 17.4 Å². The predicted molar refractivity (Wildman–Crippen MR) is 57.6 cm³/mol. The smallest absolute Gasteiger partial charge is 0.410 e. The molecule has 2 unspecified atom stereocenters. The lowest BCUT2D eigenvalue weighted by Gasteiger charge is -2.46. The van der Waals surface area contributed by atoms with E-state index in [1.165, 1.54) is 4.90 Å². The Labute approximate surface area is 90.9 Å². The van der Waals surface area contributed by atoms with Crippen molar-refractivity contribution in [3.05, 3.63) is 0 Å². The molecule has 0 bridgehead atoms. The predicted octanol–water partition coefficient (Wildman–Crippen LogP) is 2.27. The van der Waals surface area contributed by atoms with Crippen molar-refractivity contribution in [1.29, 1.82) is 0 Å². The molecule has 4 nitrogen and oxygen atoms in total. The van der Waals surface area contributed by atoms with Crippen LogP contribution in [0.15, 0.2) is 0 Å². The van der Waals surface area contributed by atoms with Crippen molar-refractivity contribution in [3.63, 3.8) is 0 Å². The Hall–Kier alpha value is -0.770. The normalized spacial score (nSPS) is 31.7. The number of hydrogen-bond acceptors (Lipinski definition) is 2. The van der Waals surface area contributed by atoms with Gasteiger partial charge in [-0.05, 0) is 40.0 Å². The van der Waals surface area contributed by atoms with Crippen LogP contribution in [-0.2, 0) is 0 Å². The molecular weight excluding hydrogens is 194 g/mol. The second-order valence-corrected chi connectivity index (χ2v) is 5.46. The molecule has 2 N–H and O–H groups in total. The monoisotopic (exact) mass is 215 g/mol. The molecule has 0 radical (unpaired) electrons. The lowest BCUT2D eigenvalue weighted by molar-refractivity contribution is -0.146. The molecule has 0 heterocycles. The van der Waals surface area contributed by atoms with Gasteiger partial charge in [-0.3, -0.25) is 4.90 Å². The SMILES string of the molecule is CC1CCCC1(O)N(C(=O)O)C(C)(C)C. The first kappa shape index (κ1) is 12.3. The number of aliphatic hydroxyl groups is 1. The molecule has 15 heavy (non-hydrogen) atoms. The molecule has 0 aromatic heterocycles. The molecule has 0 aromatic rings. The van der Waals surface area contributed by atoms with Crippen LogP contribution in [0.5, 0.6) is 0 Å². The first-order chi connectivity index (χ1) is 6.69. The molecule has 1 amide bonds. The average molecular weight is 215 g/mol. The van der Waals surface area contributed by atoms with Crippen molar-refractivity contribution in [3.8, 4) is 0 Å². The summed E-state index contributed by atoms with van der Waals surface area (Å²) < 4.78 is 0. The molecule has 1 aliphatic carbocycles. The topological polar surface area (TPSA) is 60.8 Å². The minimum atomic E-state index is -1.19. The van der Waals surface area contributed by atoms with Crippen LogP contribution in [0.3, 0.4) is 0 Å². The van der Waals surface area contributed by atoms with E-state index in [1.54, 1.807) is 0 Å². The van der Waals surface area contributed by atoms with E-state index in [0.717, 1.165) is 12.8 Å². The fourth-order valence-electron chi connectivity index (χ4n) is 2.51. The zero-order valence-electron chi connectivity index (χ0n) is 9.95. The van der Waals surface area contributed by atoms with Crippen LogP contribution in [0.4, 0.5) is 4.79 Å². The first-order valence-electron chi connectivity index (χ1n) is 5.45. The average Bonchev–Trinajstić information content (AvgIpc) is 2.27. The van der Waals surface area contributed by atoms with E-state index in [0.29, 0.717) is 6.42 Å². The van der Waals surface area contributed by atoms with Gasteiger partial charge in [-0.25, -0.2) is 4.79 Å². The van der Waals surface area contributed by atoms with Gasteiger partial charge in [0.25, 0.3) is 0 Å². The summed E-state index contributed by atoms with van der Waals surface area (Å²) in [5.74, 6) is 0.00725. The van der Waals surface area contributed by atoms with Gasteiger partial charge in [-0.15, -0.1) is 0 Å². The molecule has 1 rings (SSSR count). The third-order valence-electron chi connectivity index (χ3n) is 3.22. The van der Waals surface area contributed by atoms with E-state index in [2.05, 4.69) is 0 Å². The number of amides is 1. The highest BCUT2D eigenvalue weighted by Gasteiger charge is 2.49. The maximum absolute atomic E-state index is 11.2. The number of rotatable bonds is 1. The third kappa shape index (κ3) is 2.09. The van der Waals surface area contributed by atoms with E-state index in [9.17, 15) is 15.0 Å². The van der Waals surface area contributed by atoms with Crippen LogP contribution in [0.25, 0.3) is 0 Å². The second-order valence-electron chi connectivity index (χ2n) is 5.46. The van der Waals surface area contributed by atoms with Crippen LogP contribution in [-0.4, -0.2) is 32.5 Å². The highest BCUT2D eigenvalue weighted by Crippen LogP contribution is 2.41. The van der Waals surface area contributed by atoms with Crippen molar-refractivity contribution in [2.24, 2.45) is 5.92 Å². The highest BCUT2D eigenvalue weighted by atomic mass is 16.4. The minimum Gasteiger partial charge on any atom is -0.465 e. The van der Waals surface area contributed by atoms with Crippen LogP contribution in [0, 0.1) is 5.92 Å². The minimum absolute atomic E-state index is 0.00725. The van der Waals surface area contributed by atoms with Gasteiger partial charge < -0.3 is 10.2 Å². The van der Waals surface area contributed by atoms with Crippen molar-refractivity contribution in [1.82, 2.24) is 4.90 Å². The van der Waals surface area contributed by atoms with E-state index in [1.807, 2.05) is 27.7 Å². The summed E-state index contributed by atoms with van der Waals surface area (Å²) in [6.45, 7) is 7.34. The molecule has 0 aromatic carbocycles. The summed E-state index contributed by atoms with van der Waals surface area (Å²) in [4.78, 5) is 12.5. The lowest BCUT2D eigenvalue weighted by Crippen LogP contribution is -2.60. The summed E-state index contributed by atoms with van der Waals surface area (Å²) in [6, 6.07) is 0. The third-order valence-corrected chi connectivity index (χ3v) is 3.22. The van der Waals surface area contributed by atoms with Crippen molar-refractivity contribution in [2.45, 2.75) is 58.2 Å². The summed E-state index contributed by atoms with van der Waals surface area (Å²) in [5.41, 5.74) is -1.76. The molecule has 0 spiro atoms. The van der Waals surface area contributed by atoms with Gasteiger partial charge in [-0.1, -0.05) is 6.92 Å². The molecular formula is C11H21NO3. The van der Waals surface area contributed by atoms with Crippen molar-refractivity contribution >= 4 is 6.09 Å². The maximum Gasteiger partial charge on any atom is 0.410 e. The molecule has 0 aliphatic heterocycles. The highest BCUT2D eigenvalue weighted by molar-refractivity contribution is 5.67. The van der Waals surface area contributed by atoms with Gasteiger partial charge in [0.15, 0.2) is 0 Å². The Kier molecular flexibility index (Phi) is 3.01. The van der Waals surface area contributed by atoms with Gasteiger partial charge in [-0.2, -0.15) is 0 Å². The summed E-state index contributed by atoms with van der Waals surface area (Å²) in [7, 11) is 0. The summed E-state index contributed by atoms with van der Waals surface area (Å²) in [5, 5.41) is 19.7. The number of carbonyl (C=O) groups is 1. The molecule has 1 aliphatic rings. The van der Waals surface area contributed by atoms with Crippen LogP contribution < -0.4 is 0 Å². The zero-order valence-corrected chi connectivity index (χ0v) is 9.95. The Morgan fingerprint density at radius 1 is 1.47 bits per heavy atom. The zero-order chi connectivity index (χ0) is 11.9. The summed E-state index contributed by atoms with van der Waals surface area (Å²) in [6.07, 6.45) is 1.27. The Morgan fingerprint density at radius 3 is 2.27 bits per heavy atom. The molecule has 4 heteroatoms. The van der Waals surface area contributed by atoms with Crippen molar-refractivity contribution < 1.29 is 15.0 Å². The van der Waals surface area contributed by atoms with E-state index in [4.69, 9.17) is 0 Å². The van der Waals surface area contributed by atoms with E-state index in [-0.39, 0.29) is 5.92 Å². The molecule has 0 saturated heterocycles. The Morgan fingerprint density at radius 2 is 2.00 bits per heavy atom. The Balaban J connectivity index is 3.04. The van der Waals surface area contributed by atoms with Gasteiger partial charge in [0.05, 0.1) is 0 Å². The first-order valence-corrected chi connectivity index (χ1v) is 5.45. The number of hydrogen-bond donors (Lipinski definition) is 2. The van der Waals surface area contributed by atoms with Crippen molar-refractivity contribution in [2.75, 3.05) is 0 Å². The van der Waals surface area contributed by atoms with Crippen LogP contribution in [0.2, 0.25) is 0 Å². The molecule has 88 valence electrons. The number of nitrogens with zero attached hydrogens (tertiary/aromatic N) is 1. The maximum atomic E-state index is 11.2. The van der Waals surface area contributed by atoms with Crippen LogP contribution in [0.1, 0.15) is 47.0 Å². The standard InChI is InChI=1S/C11H21NO3/c1-8-6-5-7-11(8,15)12(9(13)14)10(2,3)4/h8,15H,5-7H2,1-4H3,(H,13,14). The molecule has 2 atom stereocenters. The lowest BCUT2D eigenvalue weighted by atomic mass is 9.94. The fraction of sp³-hybridized carbons (Fsp3) is 0.909. The van der Waals surface area contributed by atoms with Gasteiger partial charge in [0.1, 0.15) is 5.72 Å². The largest absolute Gasteiger partial charge is 0.465 e. The second kappa shape index (κ2) is 3.67. The molecule has 1 fully saturated rings. The number of carboxylic acid groups (broad SMARTS) is 1. The van der Waals surface area contributed by atoms with Gasteiger partial charge >= 0.3 is 6.09 Å². The Bertz CT molecular complexity index is 259. The summed E-state index contributed by atoms with van der Waals surface area (Å²) >= 11 is 0. The van der Waals surface area contributed by atoms with Gasteiger partial charge in [0.2, 0.25) is 0 Å². The van der Waals surface area contributed by atoms with Gasteiger partial charge in [0, 0.05) is 11.5 Å². The van der Waals surface area contributed by atoms with Crippen LogP contribution >= 0.6 is 0 Å². The fourth-order valence-corrected chi connectivity index (χ4v) is 2.51. The quantitative estimate of drug-likeness (QED) is 0.660. The van der Waals surface area contributed by atoms with E-state index >= 15 is 0 Å².